The summed E-state index contributed by atoms with van der Waals surface area (Å²) in [5.41, 5.74) is 5.15. The normalized spacial score (nSPS) is 16.2. The number of nitrogens with zero attached hydrogens (tertiary/aromatic N) is 3. The molecule has 1 aliphatic carbocycles. The molecule has 2 unspecified atom stereocenters. The number of benzene rings is 2. The molecule has 1 saturated carbocycles. The summed E-state index contributed by atoms with van der Waals surface area (Å²) in [5, 5.41) is 6.23. The summed E-state index contributed by atoms with van der Waals surface area (Å²) in [6.45, 7) is 0. The van der Waals surface area contributed by atoms with Gasteiger partial charge in [0.25, 0.3) is 5.91 Å². The van der Waals surface area contributed by atoms with Crippen molar-refractivity contribution in [3.63, 3.8) is 0 Å². The van der Waals surface area contributed by atoms with Crippen molar-refractivity contribution in [3.8, 4) is 11.1 Å². The first-order valence-electron chi connectivity index (χ1n) is 11.8. The number of rotatable bonds is 7. The van der Waals surface area contributed by atoms with Gasteiger partial charge in [-0.25, -0.2) is 4.98 Å². The largest absolute Gasteiger partial charge is 0.345 e. The molecule has 0 spiro atoms. The Morgan fingerprint density at radius 3 is 2.28 bits per heavy atom. The van der Waals surface area contributed by atoms with Crippen LogP contribution in [-0.4, -0.2) is 40.8 Å². The summed E-state index contributed by atoms with van der Waals surface area (Å²) in [7, 11) is 3.47. The third-order valence-corrected chi connectivity index (χ3v) is 6.27. The monoisotopic (exact) mass is 477 g/mol. The average Bonchev–Trinajstić information content (AvgIpc) is 3.71. The van der Waals surface area contributed by atoms with E-state index >= 15 is 0 Å². The quantitative estimate of drug-likeness (QED) is 0.376. The number of pyridine rings is 2. The van der Waals surface area contributed by atoms with Crippen LogP contribution < -0.4 is 10.6 Å². The Kier molecular flexibility index (Phi) is 6.45. The lowest BCUT2D eigenvalue weighted by Gasteiger charge is -2.11. The van der Waals surface area contributed by atoms with Crippen LogP contribution in [0.5, 0.6) is 0 Å². The third-order valence-electron chi connectivity index (χ3n) is 6.27. The second-order valence-corrected chi connectivity index (χ2v) is 9.14. The molecule has 7 heteroatoms. The molecule has 2 aromatic carbocycles. The molecule has 1 aliphatic rings. The van der Waals surface area contributed by atoms with Crippen LogP contribution in [0.15, 0.2) is 91.4 Å². The Balaban J connectivity index is 1.20. The minimum absolute atomic E-state index is 0.00621. The van der Waals surface area contributed by atoms with Crippen molar-refractivity contribution in [2.75, 3.05) is 24.7 Å². The van der Waals surface area contributed by atoms with Gasteiger partial charge >= 0.3 is 0 Å². The fraction of sp³-hybridized carbons (Fsp3) is 0.172. The zero-order valence-corrected chi connectivity index (χ0v) is 20.2. The zero-order chi connectivity index (χ0) is 25.1. The van der Waals surface area contributed by atoms with E-state index in [-0.39, 0.29) is 23.7 Å². The summed E-state index contributed by atoms with van der Waals surface area (Å²) in [6, 6.07) is 23.3. The van der Waals surface area contributed by atoms with Gasteiger partial charge in [-0.3, -0.25) is 14.6 Å². The van der Waals surface area contributed by atoms with Gasteiger partial charge in [-0.2, -0.15) is 0 Å². The SMILES string of the molecule is CN(C)C(=O)c1ccc(-c2ccc(Nc3cncc(NC(=O)C4CC4c4ccccc4)c3)nc2)cc1. The minimum Gasteiger partial charge on any atom is -0.345 e. The standard InChI is InChI=1S/C29H27N5O2/c1-34(2)29(36)21-10-8-19(9-11-21)22-12-13-27(31-16-22)32-23-14-24(18-30-17-23)33-28(35)26-15-25(26)20-6-4-3-5-7-20/h3-14,16-18,25-26H,15H2,1-2H3,(H,31,32)(H,33,35). The number of nitrogens with one attached hydrogen (secondary N) is 2. The van der Waals surface area contributed by atoms with E-state index in [9.17, 15) is 9.59 Å². The highest BCUT2D eigenvalue weighted by Crippen LogP contribution is 2.47. The first-order valence-corrected chi connectivity index (χ1v) is 11.8. The molecule has 4 aromatic rings. The Labute approximate surface area is 210 Å². The van der Waals surface area contributed by atoms with Crippen molar-refractivity contribution in [3.05, 3.63) is 103 Å². The van der Waals surface area contributed by atoms with E-state index in [1.54, 1.807) is 37.6 Å². The molecular formula is C29H27N5O2. The predicted molar refractivity (Wildman–Crippen MR) is 141 cm³/mol. The van der Waals surface area contributed by atoms with Crippen LogP contribution >= 0.6 is 0 Å². The molecule has 0 aliphatic heterocycles. The average molecular weight is 478 g/mol. The number of carbonyl (C=O) groups excluding carboxylic acids is 2. The van der Waals surface area contributed by atoms with Gasteiger partial charge in [0.05, 0.1) is 23.8 Å². The fourth-order valence-corrected chi connectivity index (χ4v) is 4.21. The number of aromatic nitrogens is 2. The first kappa shape index (κ1) is 23.2. The van der Waals surface area contributed by atoms with E-state index in [1.165, 1.54) is 5.56 Å². The minimum atomic E-state index is -0.0283. The van der Waals surface area contributed by atoms with Crippen molar-refractivity contribution in [1.82, 2.24) is 14.9 Å². The van der Waals surface area contributed by atoms with Crippen LogP contribution in [-0.2, 0) is 4.79 Å². The molecule has 2 atom stereocenters. The second-order valence-electron chi connectivity index (χ2n) is 9.14. The maximum absolute atomic E-state index is 12.7. The van der Waals surface area contributed by atoms with Gasteiger partial charge in [-0.15, -0.1) is 0 Å². The van der Waals surface area contributed by atoms with Gasteiger partial charge in [0.2, 0.25) is 5.91 Å². The summed E-state index contributed by atoms with van der Waals surface area (Å²) in [6.07, 6.45) is 5.98. The number of amides is 2. The molecule has 0 radical (unpaired) electrons. The maximum atomic E-state index is 12.7. The molecule has 0 bridgehead atoms. The smallest absolute Gasteiger partial charge is 0.253 e. The van der Waals surface area contributed by atoms with Gasteiger partial charge in [-0.1, -0.05) is 42.5 Å². The lowest BCUT2D eigenvalue weighted by molar-refractivity contribution is -0.117. The van der Waals surface area contributed by atoms with Gasteiger partial charge in [0, 0.05) is 37.3 Å². The first-order chi connectivity index (χ1) is 17.5. The molecular weight excluding hydrogens is 450 g/mol. The van der Waals surface area contributed by atoms with Gasteiger partial charge in [-0.05, 0) is 53.8 Å². The second kappa shape index (κ2) is 10.00. The molecule has 0 saturated heterocycles. The van der Waals surface area contributed by atoms with Gasteiger partial charge < -0.3 is 15.5 Å². The molecule has 36 heavy (non-hydrogen) atoms. The van der Waals surface area contributed by atoms with Crippen LogP contribution in [0.3, 0.4) is 0 Å². The Morgan fingerprint density at radius 2 is 1.58 bits per heavy atom. The molecule has 2 aromatic heterocycles. The van der Waals surface area contributed by atoms with E-state index in [4.69, 9.17) is 0 Å². The van der Waals surface area contributed by atoms with Crippen molar-refractivity contribution >= 4 is 29.0 Å². The molecule has 2 heterocycles. The van der Waals surface area contributed by atoms with Gasteiger partial charge in [0.15, 0.2) is 0 Å². The van der Waals surface area contributed by atoms with E-state index in [1.807, 2.05) is 60.7 Å². The van der Waals surface area contributed by atoms with Crippen molar-refractivity contribution in [2.45, 2.75) is 12.3 Å². The fourth-order valence-electron chi connectivity index (χ4n) is 4.21. The van der Waals surface area contributed by atoms with Crippen molar-refractivity contribution in [1.29, 1.82) is 0 Å². The Hall–Kier alpha value is -4.52. The van der Waals surface area contributed by atoms with Gasteiger partial charge in [0.1, 0.15) is 5.82 Å². The topological polar surface area (TPSA) is 87.2 Å². The van der Waals surface area contributed by atoms with E-state index in [2.05, 4.69) is 32.7 Å². The van der Waals surface area contributed by atoms with Crippen LogP contribution in [0, 0.1) is 5.92 Å². The highest BCUT2D eigenvalue weighted by Gasteiger charge is 2.43. The zero-order valence-electron chi connectivity index (χ0n) is 20.2. The predicted octanol–water partition coefficient (Wildman–Crippen LogP) is 5.33. The molecule has 1 fully saturated rings. The van der Waals surface area contributed by atoms with E-state index in [0.29, 0.717) is 17.1 Å². The maximum Gasteiger partial charge on any atom is 0.253 e. The van der Waals surface area contributed by atoms with E-state index in [0.717, 1.165) is 23.2 Å². The number of anilines is 3. The third kappa shape index (κ3) is 5.25. The summed E-state index contributed by atoms with van der Waals surface area (Å²) in [4.78, 5) is 35.1. The highest BCUT2D eigenvalue weighted by atomic mass is 16.2. The van der Waals surface area contributed by atoms with Crippen LogP contribution in [0.1, 0.15) is 28.3 Å². The van der Waals surface area contributed by atoms with Crippen LogP contribution in [0.4, 0.5) is 17.2 Å². The lowest BCUT2D eigenvalue weighted by atomic mass is 10.1. The Morgan fingerprint density at radius 1 is 0.861 bits per heavy atom. The van der Waals surface area contributed by atoms with Crippen molar-refractivity contribution < 1.29 is 9.59 Å². The summed E-state index contributed by atoms with van der Waals surface area (Å²) in [5.74, 6) is 0.930. The molecule has 7 nitrogen and oxygen atoms in total. The summed E-state index contributed by atoms with van der Waals surface area (Å²) < 4.78 is 0. The lowest BCUT2D eigenvalue weighted by Crippen LogP contribution is -2.21. The van der Waals surface area contributed by atoms with Crippen LogP contribution in [0.2, 0.25) is 0 Å². The molecule has 2 amide bonds. The van der Waals surface area contributed by atoms with E-state index < -0.39 is 0 Å². The number of carbonyl (C=O) groups is 2. The number of hydrogen-bond acceptors (Lipinski definition) is 5. The highest BCUT2D eigenvalue weighted by molar-refractivity contribution is 5.95. The van der Waals surface area contributed by atoms with Crippen LogP contribution in [0.25, 0.3) is 11.1 Å². The number of hydrogen-bond donors (Lipinski definition) is 2. The Bertz CT molecular complexity index is 1370. The van der Waals surface area contributed by atoms with Crippen molar-refractivity contribution in [2.24, 2.45) is 5.92 Å². The molecule has 180 valence electrons. The summed E-state index contributed by atoms with van der Waals surface area (Å²) >= 11 is 0. The molecule has 2 N–H and O–H groups in total. The molecule has 5 rings (SSSR count).